The van der Waals surface area contributed by atoms with Crippen molar-refractivity contribution in [3.8, 4) is 17.6 Å². The minimum atomic E-state index is -1.00. The molecule has 2 aromatic rings. The van der Waals surface area contributed by atoms with Gasteiger partial charge in [0.15, 0.2) is 6.10 Å². The Hall–Kier alpha value is -3.83. The van der Waals surface area contributed by atoms with Crippen LogP contribution in [0.1, 0.15) is 59.4 Å². The number of esters is 3. The second kappa shape index (κ2) is 11.3. The molecule has 2 fully saturated rings. The number of carbonyl (C=O) groups excluding carboxylic acids is 3. The van der Waals surface area contributed by atoms with E-state index in [1.54, 1.807) is 49.4 Å². The molecule has 2 aromatic carbocycles. The summed E-state index contributed by atoms with van der Waals surface area (Å²) in [7, 11) is 1.53. The van der Waals surface area contributed by atoms with Crippen molar-refractivity contribution >= 4 is 17.9 Å². The van der Waals surface area contributed by atoms with Gasteiger partial charge in [0.1, 0.15) is 11.9 Å². The molecule has 8 heteroatoms. The Bertz CT molecular complexity index is 1170. The van der Waals surface area contributed by atoms with E-state index in [0.717, 1.165) is 12.8 Å². The van der Waals surface area contributed by atoms with Crippen LogP contribution in [0.4, 0.5) is 0 Å². The molecule has 188 valence electrons. The molecule has 1 heterocycles. The third-order valence-corrected chi connectivity index (χ3v) is 5.88. The lowest BCUT2D eigenvalue weighted by Crippen LogP contribution is -2.51. The minimum absolute atomic E-state index is 0.00609. The van der Waals surface area contributed by atoms with E-state index in [0.29, 0.717) is 28.4 Å². The van der Waals surface area contributed by atoms with Crippen molar-refractivity contribution in [1.82, 2.24) is 0 Å². The van der Waals surface area contributed by atoms with Gasteiger partial charge in [0.05, 0.1) is 30.8 Å². The highest BCUT2D eigenvalue weighted by Crippen LogP contribution is 2.29. The first-order valence-corrected chi connectivity index (χ1v) is 11.8. The summed E-state index contributed by atoms with van der Waals surface area (Å²) in [6.45, 7) is 2.93. The molecule has 0 bridgehead atoms. The van der Waals surface area contributed by atoms with Crippen LogP contribution in [0.25, 0.3) is 0 Å². The van der Waals surface area contributed by atoms with Crippen LogP contribution < -0.4 is 4.74 Å². The maximum absolute atomic E-state index is 13.0. The van der Waals surface area contributed by atoms with Crippen molar-refractivity contribution in [1.29, 1.82) is 0 Å². The summed E-state index contributed by atoms with van der Waals surface area (Å²) in [6.07, 6.45) is -1.31. The number of benzene rings is 2. The number of rotatable bonds is 6. The Balaban J connectivity index is 1.45. The normalized spacial score (nSPS) is 23.0. The van der Waals surface area contributed by atoms with Crippen molar-refractivity contribution in [3.63, 3.8) is 0 Å². The van der Waals surface area contributed by atoms with Crippen LogP contribution in [0, 0.1) is 17.8 Å². The Morgan fingerprint density at radius 1 is 0.944 bits per heavy atom. The van der Waals surface area contributed by atoms with E-state index in [4.69, 9.17) is 23.7 Å². The van der Waals surface area contributed by atoms with Crippen LogP contribution in [-0.2, 0) is 23.7 Å². The predicted molar refractivity (Wildman–Crippen MR) is 128 cm³/mol. The fourth-order valence-corrected chi connectivity index (χ4v) is 3.85. The zero-order valence-corrected chi connectivity index (χ0v) is 20.4. The molecule has 1 saturated carbocycles. The topological polar surface area (TPSA) is 97.4 Å². The van der Waals surface area contributed by atoms with Crippen molar-refractivity contribution in [2.75, 3.05) is 7.11 Å². The first kappa shape index (κ1) is 25.3. The van der Waals surface area contributed by atoms with Gasteiger partial charge in [0.2, 0.25) is 6.29 Å². The number of hydrogen-bond donors (Lipinski definition) is 0. The van der Waals surface area contributed by atoms with Gasteiger partial charge in [0.25, 0.3) is 0 Å². The molecule has 0 aromatic heterocycles. The highest BCUT2D eigenvalue weighted by atomic mass is 16.7. The predicted octanol–water partition coefficient (Wildman–Crippen LogP) is 3.91. The van der Waals surface area contributed by atoms with Gasteiger partial charge < -0.3 is 23.7 Å². The van der Waals surface area contributed by atoms with Gasteiger partial charge in [-0.2, -0.15) is 0 Å². The molecule has 0 radical (unpaired) electrons. The number of carbonyl (C=O) groups is 3. The summed E-state index contributed by atoms with van der Waals surface area (Å²) in [5.74, 6) is 5.45. The Morgan fingerprint density at radius 3 is 2.33 bits per heavy atom. The van der Waals surface area contributed by atoms with Gasteiger partial charge in [-0.3, -0.25) is 4.79 Å². The van der Waals surface area contributed by atoms with E-state index in [2.05, 4.69) is 11.8 Å². The summed E-state index contributed by atoms with van der Waals surface area (Å²) in [6, 6.07) is 13.4. The van der Waals surface area contributed by atoms with Crippen LogP contribution >= 0.6 is 0 Å². The van der Waals surface area contributed by atoms with E-state index in [1.165, 1.54) is 14.0 Å². The third-order valence-electron chi connectivity index (χ3n) is 5.88. The SMILES string of the molecule is COc1ccc(C(=O)O[C@H]2[C@@H](OC(C)=O)C[C@@H](OC(=O)c3ccccc3C#CC3CC3)O[C@@H]2C)cc1. The minimum Gasteiger partial charge on any atom is -0.497 e. The third kappa shape index (κ3) is 6.43. The molecule has 4 atom stereocenters. The average molecular weight is 493 g/mol. The lowest BCUT2D eigenvalue weighted by Gasteiger charge is -2.38. The maximum atomic E-state index is 13.0. The van der Waals surface area contributed by atoms with Gasteiger partial charge >= 0.3 is 17.9 Å². The first-order valence-electron chi connectivity index (χ1n) is 11.8. The molecule has 1 aliphatic heterocycles. The van der Waals surface area contributed by atoms with Crippen LogP contribution in [0.15, 0.2) is 48.5 Å². The summed E-state index contributed by atoms with van der Waals surface area (Å²) < 4.78 is 27.7. The van der Waals surface area contributed by atoms with Gasteiger partial charge in [-0.05, 0) is 56.2 Å². The largest absolute Gasteiger partial charge is 0.497 e. The van der Waals surface area contributed by atoms with Crippen molar-refractivity contribution in [2.45, 2.75) is 57.7 Å². The number of ether oxygens (including phenoxy) is 5. The summed E-state index contributed by atoms with van der Waals surface area (Å²) in [5, 5.41) is 0. The van der Waals surface area contributed by atoms with Gasteiger partial charge in [-0.15, -0.1) is 0 Å². The standard InChI is InChI=1S/C28H28O8/c1-17-26(36-27(30)21-12-14-22(32-3)15-13-21)24(34-18(2)29)16-25(33-17)35-28(31)23-7-5-4-6-20(23)11-10-19-8-9-19/h4-7,12-15,17,19,24-26H,8-9,16H2,1-3H3/t17-,24+,25-,26-/m1/s1. The van der Waals surface area contributed by atoms with Gasteiger partial charge in [0, 0.05) is 18.4 Å². The Labute approximate surface area is 209 Å². The van der Waals surface area contributed by atoms with Crippen LogP contribution in [0.3, 0.4) is 0 Å². The molecule has 0 N–H and O–H groups in total. The first-order chi connectivity index (χ1) is 17.3. The van der Waals surface area contributed by atoms with Crippen molar-refractivity contribution < 1.29 is 38.1 Å². The maximum Gasteiger partial charge on any atom is 0.341 e. The highest BCUT2D eigenvalue weighted by Gasteiger charge is 2.43. The summed E-state index contributed by atoms with van der Waals surface area (Å²) in [4.78, 5) is 37.5. The highest BCUT2D eigenvalue weighted by molar-refractivity contribution is 5.92. The molecule has 36 heavy (non-hydrogen) atoms. The summed E-state index contributed by atoms with van der Waals surface area (Å²) >= 11 is 0. The molecule has 1 aliphatic carbocycles. The average Bonchev–Trinajstić information content (AvgIpc) is 3.69. The molecule has 8 nitrogen and oxygen atoms in total. The molecule has 1 saturated heterocycles. The fraction of sp³-hybridized carbons (Fsp3) is 0.393. The van der Waals surface area contributed by atoms with E-state index >= 15 is 0 Å². The zero-order chi connectivity index (χ0) is 25.7. The molecule has 2 aliphatic rings. The number of methoxy groups -OCH3 is 1. The van der Waals surface area contributed by atoms with Crippen LogP contribution in [0.5, 0.6) is 5.75 Å². The quantitative estimate of drug-likeness (QED) is 0.340. The zero-order valence-electron chi connectivity index (χ0n) is 20.4. The molecule has 0 amide bonds. The van der Waals surface area contributed by atoms with Crippen LogP contribution in [0.2, 0.25) is 0 Å². The lowest BCUT2D eigenvalue weighted by atomic mass is 10.0. The van der Waals surface area contributed by atoms with Crippen molar-refractivity contribution in [2.24, 2.45) is 5.92 Å². The van der Waals surface area contributed by atoms with E-state index in [-0.39, 0.29) is 6.42 Å². The molecular formula is C28H28O8. The van der Waals surface area contributed by atoms with Gasteiger partial charge in [-0.1, -0.05) is 24.0 Å². The monoisotopic (exact) mass is 492 g/mol. The van der Waals surface area contributed by atoms with E-state index < -0.39 is 42.5 Å². The second-order valence-corrected chi connectivity index (χ2v) is 8.75. The fourth-order valence-electron chi connectivity index (χ4n) is 3.85. The van der Waals surface area contributed by atoms with Crippen LogP contribution in [-0.4, -0.2) is 49.6 Å². The second-order valence-electron chi connectivity index (χ2n) is 8.75. The smallest absolute Gasteiger partial charge is 0.341 e. The Kier molecular flexibility index (Phi) is 7.91. The molecular weight excluding hydrogens is 464 g/mol. The molecule has 4 rings (SSSR count). The van der Waals surface area contributed by atoms with Gasteiger partial charge in [-0.25, -0.2) is 9.59 Å². The van der Waals surface area contributed by atoms with Crippen molar-refractivity contribution in [3.05, 3.63) is 65.2 Å². The summed E-state index contributed by atoms with van der Waals surface area (Å²) in [5.41, 5.74) is 1.22. The lowest BCUT2D eigenvalue weighted by molar-refractivity contribution is -0.233. The number of hydrogen-bond acceptors (Lipinski definition) is 8. The van der Waals surface area contributed by atoms with E-state index in [9.17, 15) is 14.4 Å². The van der Waals surface area contributed by atoms with E-state index in [1.807, 2.05) is 6.07 Å². The molecule has 0 spiro atoms. The molecule has 0 unspecified atom stereocenters. The Morgan fingerprint density at radius 2 is 1.67 bits per heavy atom.